The number of alkyl carbamates (subject to hydrolysis) is 1. The first kappa shape index (κ1) is 32.0. The molecule has 0 spiro atoms. The Balaban J connectivity index is 2.46. The molecule has 2 unspecified atom stereocenters. The standard InChI is InChI=1S/C30H43N3O5S/c1-7-8-9-10-18-33(28(35)25(20-39)32-29(36)38-30(3,4)5)26(22-13-11-12-21(2)19-22)27(34)31-23-14-16-24(37-6)17-15-23/h11-17,19,25-26,39H,7-10,18,20H2,1-6H3,(H,31,34)(H,32,36). The van der Waals surface area contributed by atoms with Gasteiger partial charge in [0.1, 0.15) is 23.4 Å². The number of nitrogens with one attached hydrogen (secondary N) is 2. The van der Waals surface area contributed by atoms with Crippen LogP contribution in [-0.2, 0) is 14.3 Å². The molecular weight excluding hydrogens is 514 g/mol. The lowest BCUT2D eigenvalue weighted by Crippen LogP contribution is -2.53. The lowest BCUT2D eigenvalue weighted by Gasteiger charge is -2.34. The molecule has 0 aliphatic carbocycles. The molecule has 214 valence electrons. The van der Waals surface area contributed by atoms with Crippen LogP contribution in [0.15, 0.2) is 48.5 Å². The van der Waals surface area contributed by atoms with Gasteiger partial charge in [-0.2, -0.15) is 12.6 Å². The fraction of sp³-hybridized carbons (Fsp3) is 0.500. The summed E-state index contributed by atoms with van der Waals surface area (Å²) < 4.78 is 10.6. The number of anilines is 1. The maximum absolute atomic E-state index is 14.0. The van der Waals surface area contributed by atoms with E-state index in [2.05, 4.69) is 30.2 Å². The average Bonchev–Trinajstić information content (AvgIpc) is 2.88. The van der Waals surface area contributed by atoms with Crippen LogP contribution in [0.5, 0.6) is 5.75 Å². The minimum atomic E-state index is -0.976. The molecule has 0 aromatic heterocycles. The molecule has 2 aromatic carbocycles. The van der Waals surface area contributed by atoms with Gasteiger partial charge in [-0.25, -0.2) is 4.79 Å². The van der Waals surface area contributed by atoms with E-state index in [-0.39, 0.29) is 11.7 Å². The largest absolute Gasteiger partial charge is 0.497 e. The molecule has 3 amide bonds. The Morgan fingerprint density at radius 3 is 2.28 bits per heavy atom. The summed E-state index contributed by atoms with van der Waals surface area (Å²) in [6, 6.07) is 12.7. The van der Waals surface area contributed by atoms with E-state index in [9.17, 15) is 14.4 Å². The van der Waals surface area contributed by atoms with Crippen molar-refractivity contribution in [1.82, 2.24) is 10.2 Å². The van der Waals surface area contributed by atoms with Crippen LogP contribution in [0, 0.1) is 6.92 Å². The summed E-state index contributed by atoms with van der Waals surface area (Å²) in [5.41, 5.74) is 1.50. The number of hydrogen-bond acceptors (Lipinski definition) is 6. The molecule has 0 fully saturated rings. The van der Waals surface area contributed by atoms with Crippen LogP contribution in [0.1, 0.15) is 70.5 Å². The summed E-state index contributed by atoms with van der Waals surface area (Å²) >= 11 is 4.35. The van der Waals surface area contributed by atoms with Crippen LogP contribution in [0.25, 0.3) is 0 Å². The van der Waals surface area contributed by atoms with Crippen molar-refractivity contribution < 1.29 is 23.9 Å². The highest BCUT2D eigenvalue weighted by Gasteiger charge is 2.35. The molecule has 0 heterocycles. The highest BCUT2D eigenvalue weighted by atomic mass is 32.1. The maximum atomic E-state index is 14.0. The number of nitrogens with zero attached hydrogens (tertiary/aromatic N) is 1. The number of amides is 3. The van der Waals surface area contributed by atoms with Gasteiger partial charge >= 0.3 is 6.09 Å². The number of ether oxygens (including phenoxy) is 2. The smallest absolute Gasteiger partial charge is 0.408 e. The zero-order valence-electron chi connectivity index (χ0n) is 24.0. The van der Waals surface area contributed by atoms with Crippen LogP contribution in [-0.4, -0.2) is 53.9 Å². The predicted octanol–water partition coefficient (Wildman–Crippen LogP) is 5.92. The molecule has 2 rings (SSSR count). The lowest BCUT2D eigenvalue weighted by atomic mass is 10.00. The molecule has 0 radical (unpaired) electrons. The van der Waals surface area contributed by atoms with Crippen molar-refractivity contribution in [3.63, 3.8) is 0 Å². The van der Waals surface area contributed by atoms with Gasteiger partial charge in [-0.1, -0.05) is 56.0 Å². The van der Waals surface area contributed by atoms with E-state index in [1.165, 1.54) is 0 Å². The Morgan fingerprint density at radius 1 is 1.03 bits per heavy atom. The van der Waals surface area contributed by atoms with Crippen LogP contribution < -0.4 is 15.4 Å². The molecule has 0 saturated heterocycles. The van der Waals surface area contributed by atoms with Crippen LogP contribution in [0.2, 0.25) is 0 Å². The SMILES string of the molecule is CCCCCCN(C(=O)C(CS)NC(=O)OC(C)(C)C)C(C(=O)Nc1ccc(OC)cc1)c1cccc(C)c1. The number of unbranched alkanes of at least 4 members (excludes halogenated alkanes) is 3. The second-order valence-electron chi connectivity index (χ2n) is 10.5. The summed E-state index contributed by atoms with van der Waals surface area (Å²) in [4.78, 5) is 42.0. The number of carbonyl (C=O) groups excluding carboxylic acids is 3. The Morgan fingerprint density at radius 2 is 1.72 bits per heavy atom. The second kappa shape index (κ2) is 15.4. The molecule has 8 nitrogen and oxygen atoms in total. The van der Waals surface area contributed by atoms with E-state index in [1.807, 2.05) is 31.2 Å². The minimum Gasteiger partial charge on any atom is -0.497 e. The molecule has 0 aliphatic heterocycles. The van der Waals surface area contributed by atoms with Gasteiger partial charge in [0.15, 0.2) is 0 Å². The van der Waals surface area contributed by atoms with Gasteiger partial charge in [0.05, 0.1) is 7.11 Å². The third-order valence-electron chi connectivity index (χ3n) is 5.98. The quantitative estimate of drug-likeness (QED) is 0.210. The first-order chi connectivity index (χ1) is 18.5. The zero-order chi connectivity index (χ0) is 29.0. The molecular formula is C30H43N3O5S. The molecule has 0 saturated carbocycles. The van der Waals surface area contributed by atoms with Gasteiger partial charge in [0.2, 0.25) is 5.91 Å². The van der Waals surface area contributed by atoms with Crippen LogP contribution in [0.3, 0.4) is 0 Å². The Bertz CT molecular complexity index is 1080. The lowest BCUT2D eigenvalue weighted by molar-refractivity contribution is -0.140. The fourth-order valence-electron chi connectivity index (χ4n) is 4.11. The van der Waals surface area contributed by atoms with Crippen molar-refractivity contribution in [3.8, 4) is 5.75 Å². The normalized spacial score (nSPS) is 12.7. The molecule has 0 bridgehead atoms. The van der Waals surface area contributed by atoms with E-state index in [4.69, 9.17) is 9.47 Å². The van der Waals surface area contributed by atoms with Gasteiger partial charge in [-0.05, 0) is 63.9 Å². The van der Waals surface area contributed by atoms with E-state index in [1.54, 1.807) is 57.0 Å². The Hall–Kier alpha value is -3.20. The van der Waals surface area contributed by atoms with Crippen LogP contribution >= 0.6 is 12.6 Å². The first-order valence-corrected chi connectivity index (χ1v) is 14.0. The van der Waals surface area contributed by atoms with Gasteiger partial charge < -0.3 is 25.0 Å². The Kier molecular flexibility index (Phi) is 12.6. The molecule has 39 heavy (non-hydrogen) atoms. The number of methoxy groups -OCH3 is 1. The highest BCUT2D eigenvalue weighted by Crippen LogP contribution is 2.27. The topological polar surface area (TPSA) is 97.0 Å². The summed E-state index contributed by atoms with van der Waals surface area (Å²) in [5, 5.41) is 5.61. The number of carbonyl (C=O) groups is 3. The summed E-state index contributed by atoms with van der Waals surface area (Å²) in [6.07, 6.45) is 2.96. The summed E-state index contributed by atoms with van der Waals surface area (Å²) in [5.74, 6) is -0.0428. The predicted molar refractivity (Wildman–Crippen MR) is 158 cm³/mol. The van der Waals surface area contributed by atoms with E-state index in [0.29, 0.717) is 30.0 Å². The summed E-state index contributed by atoms with van der Waals surface area (Å²) in [6.45, 7) is 9.65. The number of aryl methyl sites for hydroxylation is 1. The second-order valence-corrected chi connectivity index (χ2v) is 10.9. The van der Waals surface area contributed by atoms with Crippen molar-refractivity contribution in [2.45, 2.75) is 78.0 Å². The highest BCUT2D eigenvalue weighted by molar-refractivity contribution is 7.80. The number of benzene rings is 2. The van der Waals surface area contributed by atoms with Gasteiger partial charge in [-0.15, -0.1) is 0 Å². The molecule has 2 N–H and O–H groups in total. The van der Waals surface area contributed by atoms with Crippen molar-refractivity contribution in [2.24, 2.45) is 0 Å². The third-order valence-corrected chi connectivity index (χ3v) is 6.35. The maximum Gasteiger partial charge on any atom is 0.408 e. The van der Waals surface area contributed by atoms with Crippen molar-refractivity contribution in [1.29, 1.82) is 0 Å². The van der Waals surface area contributed by atoms with Gasteiger partial charge in [-0.3, -0.25) is 9.59 Å². The molecule has 0 aliphatic rings. The van der Waals surface area contributed by atoms with Crippen molar-refractivity contribution in [3.05, 3.63) is 59.7 Å². The minimum absolute atomic E-state index is 0.0458. The zero-order valence-corrected chi connectivity index (χ0v) is 24.8. The van der Waals surface area contributed by atoms with Crippen molar-refractivity contribution >= 4 is 36.2 Å². The third kappa shape index (κ3) is 10.5. The van der Waals surface area contributed by atoms with Gasteiger partial charge in [0, 0.05) is 18.0 Å². The molecule has 2 aromatic rings. The molecule has 2 atom stereocenters. The average molecular weight is 558 g/mol. The van der Waals surface area contributed by atoms with E-state index < -0.39 is 29.7 Å². The Labute approximate surface area is 238 Å². The molecule has 9 heteroatoms. The van der Waals surface area contributed by atoms with Crippen LogP contribution in [0.4, 0.5) is 10.5 Å². The summed E-state index contributed by atoms with van der Waals surface area (Å²) in [7, 11) is 1.58. The monoisotopic (exact) mass is 557 g/mol. The number of hydrogen-bond donors (Lipinski definition) is 3. The first-order valence-electron chi connectivity index (χ1n) is 13.4. The number of rotatable bonds is 13. The fourth-order valence-corrected chi connectivity index (χ4v) is 4.36. The van der Waals surface area contributed by atoms with Gasteiger partial charge in [0.25, 0.3) is 5.91 Å². The van der Waals surface area contributed by atoms with Crippen molar-refractivity contribution in [2.75, 3.05) is 24.7 Å². The number of thiol groups is 1. The van der Waals surface area contributed by atoms with E-state index in [0.717, 1.165) is 24.8 Å². The van der Waals surface area contributed by atoms with E-state index >= 15 is 0 Å².